The maximum absolute atomic E-state index is 15.0. The Morgan fingerprint density at radius 3 is 2.42 bits per heavy atom. The standard InChI is InChI=1S/C32H27Cl2N3O8/c1-44-17-5-2-15(3-6-17)32-22(29(40)36(31(32)42)35-24-10-4-16(33)12-23(24)34)13-21-19(27(32)25-11-7-18(14-38)45-25)8-9-20-26(21)30(41)37(43)28(20)39/h2-8,10-12,20-22,26-27,35,38,43H,9,13-14H2,1H3/t20-,21+,22-,26-,27+,32+/m0/s1. The van der Waals surface area contributed by atoms with Crippen molar-refractivity contribution in [3.05, 3.63) is 93.4 Å². The SMILES string of the molecule is COc1ccc([C@@]23C(=O)N(Nc4ccc(Cl)cc4Cl)C(=O)[C@@H]2C[C@@H]2C(=CC[C@@H]4C(=O)N(O)C(=O)[C@@H]42)[C@@H]3c2ccc(CO)o2)cc1. The molecule has 13 heteroatoms. The number of anilines is 1. The van der Waals surface area contributed by atoms with Gasteiger partial charge in [0, 0.05) is 5.02 Å². The predicted molar refractivity (Wildman–Crippen MR) is 159 cm³/mol. The minimum atomic E-state index is -1.58. The van der Waals surface area contributed by atoms with Crippen molar-refractivity contribution in [3.63, 3.8) is 0 Å². The first kappa shape index (κ1) is 29.5. The Morgan fingerprint density at radius 1 is 1.00 bits per heavy atom. The van der Waals surface area contributed by atoms with Gasteiger partial charge in [-0.2, -0.15) is 10.1 Å². The minimum Gasteiger partial charge on any atom is -0.497 e. The lowest BCUT2D eigenvalue weighted by Crippen LogP contribution is -2.53. The third kappa shape index (κ3) is 4.18. The molecule has 0 spiro atoms. The summed E-state index contributed by atoms with van der Waals surface area (Å²) in [4.78, 5) is 55.6. The number of amides is 4. The van der Waals surface area contributed by atoms with Gasteiger partial charge in [0.25, 0.3) is 23.6 Å². The van der Waals surface area contributed by atoms with Gasteiger partial charge >= 0.3 is 0 Å². The molecule has 232 valence electrons. The quantitative estimate of drug-likeness (QED) is 0.199. The molecule has 1 aromatic heterocycles. The molecule has 3 heterocycles. The maximum atomic E-state index is 15.0. The lowest BCUT2D eigenvalue weighted by atomic mass is 9.50. The number of aliphatic hydroxyl groups is 1. The Morgan fingerprint density at radius 2 is 1.76 bits per heavy atom. The molecule has 2 aromatic carbocycles. The number of fused-ring (bicyclic) bond motifs is 4. The zero-order valence-corrected chi connectivity index (χ0v) is 25.3. The van der Waals surface area contributed by atoms with Crippen LogP contribution >= 0.6 is 23.2 Å². The van der Waals surface area contributed by atoms with Crippen LogP contribution in [0.5, 0.6) is 5.75 Å². The van der Waals surface area contributed by atoms with Gasteiger partial charge in [-0.05, 0) is 66.8 Å². The van der Waals surface area contributed by atoms with Crippen LogP contribution in [0.4, 0.5) is 5.69 Å². The van der Waals surface area contributed by atoms with E-state index in [1.165, 1.54) is 13.2 Å². The fraction of sp³-hybridized carbons (Fsp3) is 0.312. The number of methoxy groups -OCH3 is 1. The van der Waals surface area contributed by atoms with E-state index in [4.69, 9.17) is 32.4 Å². The molecule has 2 saturated heterocycles. The molecule has 3 fully saturated rings. The number of furan rings is 1. The number of hydrogen-bond acceptors (Lipinski definition) is 9. The Hall–Kier alpha value is -4.16. The summed E-state index contributed by atoms with van der Waals surface area (Å²) in [6, 6.07) is 14.7. The third-order valence-corrected chi connectivity index (χ3v) is 10.2. The monoisotopic (exact) mass is 651 g/mol. The van der Waals surface area contributed by atoms with Gasteiger partial charge in [0.15, 0.2) is 0 Å². The van der Waals surface area contributed by atoms with E-state index in [-0.39, 0.29) is 34.4 Å². The number of nitrogens with one attached hydrogen (secondary N) is 1. The highest BCUT2D eigenvalue weighted by atomic mass is 35.5. The number of imide groups is 2. The van der Waals surface area contributed by atoms with Crippen LogP contribution in [-0.2, 0) is 31.2 Å². The van der Waals surface area contributed by atoms with Crippen molar-refractivity contribution in [2.45, 2.75) is 30.8 Å². The summed E-state index contributed by atoms with van der Waals surface area (Å²) in [6.07, 6.45) is 2.01. The molecule has 6 atom stereocenters. The van der Waals surface area contributed by atoms with E-state index in [1.807, 2.05) is 6.08 Å². The predicted octanol–water partition coefficient (Wildman–Crippen LogP) is 4.46. The molecule has 1 saturated carbocycles. The number of rotatable bonds is 6. The van der Waals surface area contributed by atoms with Gasteiger partial charge in [-0.15, -0.1) is 0 Å². The Labute approximate surface area is 266 Å². The second-order valence-corrected chi connectivity index (χ2v) is 12.5. The number of hydrazine groups is 1. The number of allylic oxidation sites excluding steroid dienone is 2. The number of nitrogens with zero attached hydrogens (tertiary/aromatic N) is 2. The van der Waals surface area contributed by atoms with E-state index in [2.05, 4.69) is 5.43 Å². The zero-order valence-electron chi connectivity index (χ0n) is 23.8. The molecule has 45 heavy (non-hydrogen) atoms. The van der Waals surface area contributed by atoms with Crippen LogP contribution in [0.25, 0.3) is 0 Å². The van der Waals surface area contributed by atoms with Gasteiger partial charge in [-0.3, -0.25) is 29.8 Å². The van der Waals surface area contributed by atoms with Crippen molar-refractivity contribution in [2.24, 2.45) is 23.7 Å². The molecule has 0 unspecified atom stereocenters. The van der Waals surface area contributed by atoms with Crippen molar-refractivity contribution >= 4 is 52.5 Å². The molecule has 4 aliphatic rings. The Bertz CT molecular complexity index is 1790. The lowest BCUT2D eigenvalue weighted by molar-refractivity contribution is -0.173. The van der Waals surface area contributed by atoms with Crippen LogP contribution in [0.2, 0.25) is 10.0 Å². The Balaban J connectivity index is 1.46. The van der Waals surface area contributed by atoms with E-state index in [0.29, 0.717) is 27.7 Å². The molecule has 2 aliphatic carbocycles. The van der Waals surface area contributed by atoms with E-state index in [1.54, 1.807) is 48.5 Å². The van der Waals surface area contributed by atoms with Crippen molar-refractivity contribution < 1.29 is 38.6 Å². The third-order valence-electron chi connectivity index (χ3n) is 9.68. The molecular weight excluding hydrogens is 625 g/mol. The first-order valence-corrected chi connectivity index (χ1v) is 15.1. The lowest BCUT2D eigenvalue weighted by Gasteiger charge is -2.49. The fourth-order valence-electron chi connectivity index (χ4n) is 7.77. The van der Waals surface area contributed by atoms with Crippen LogP contribution in [0.3, 0.4) is 0 Å². The average molecular weight is 652 g/mol. The van der Waals surface area contributed by atoms with Crippen LogP contribution in [0, 0.1) is 23.7 Å². The van der Waals surface area contributed by atoms with Gasteiger partial charge in [-0.25, -0.2) is 0 Å². The molecule has 4 amide bonds. The van der Waals surface area contributed by atoms with Gasteiger partial charge in [0.1, 0.15) is 29.3 Å². The highest BCUT2D eigenvalue weighted by Gasteiger charge is 2.71. The number of ether oxygens (including phenoxy) is 1. The summed E-state index contributed by atoms with van der Waals surface area (Å²) in [5.74, 6) is -5.87. The minimum absolute atomic E-state index is 0.0348. The van der Waals surface area contributed by atoms with Crippen molar-refractivity contribution in [2.75, 3.05) is 12.5 Å². The number of carbonyl (C=O) groups excluding carboxylic acids is 4. The van der Waals surface area contributed by atoms with E-state index >= 15 is 0 Å². The Kier molecular flexibility index (Phi) is 7.05. The number of aliphatic hydroxyl groups excluding tert-OH is 1. The normalized spacial score (nSPS) is 29.0. The molecule has 11 nitrogen and oxygen atoms in total. The first-order valence-electron chi connectivity index (χ1n) is 14.3. The fourth-order valence-corrected chi connectivity index (χ4v) is 8.22. The maximum Gasteiger partial charge on any atom is 0.260 e. The molecule has 3 N–H and O–H groups in total. The van der Waals surface area contributed by atoms with E-state index in [9.17, 15) is 29.5 Å². The highest BCUT2D eigenvalue weighted by molar-refractivity contribution is 6.36. The summed E-state index contributed by atoms with van der Waals surface area (Å²) >= 11 is 12.5. The van der Waals surface area contributed by atoms with Gasteiger partial charge in [-0.1, -0.05) is 47.0 Å². The second kappa shape index (κ2) is 10.7. The average Bonchev–Trinajstić information content (AvgIpc) is 3.67. The van der Waals surface area contributed by atoms with Gasteiger partial charge < -0.3 is 14.3 Å². The van der Waals surface area contributed by atoms with Crippen molar-refractivity contribution in [1.82, 2.24) is 10.1 Å². The van der Waals surface area contributed by atoms with Gasteiger partial charge in [0.2, 0.25) is 0 Å². The van der Waals surface area contributed by atoms with Crippen molar-refractivity contribution in [1.29, 1.82) is 0 Å². The summed E-state index contributed by atoms with van der Waals surface area (Å²) in [7, 11) is 1.52. The number of hydroxylamine groups is 2. The van der Waals surface area contributed by atoms with E-state index in [0.717, 1.165) is 5.01 Å². The number of benzene rings is 2. The summed E-state index contributed by atoms with van der Waals surface area (Å²) in [6.45, 7) is -0.402. The first-order chi connectivity index (χ1) is 21.6. The van der Waals surface area contributed by atoms with Crippen molar-refractivity contribution in [3.8, 4) is 5.75 Å². The largest absolute Gasteiger partial charge is 0.497 e. The van der Waals surface area contributed by atoms with Gasteiger partial charge in [0.05, 0.1) is 41.5 Å². The zero-order chi connectivity index (χ0) is 31.8. The second-order valence-electron chi connectivity index (χ2n) is 11.7. The number of carbonyl (C=O) groups is 4. The summed E-state index contributed by atoms with van der Waals surface area (Å²) < 4.78 is 11.5. The van der Waals surface area contributed by atoms with Crippen LogP contribution in [-0.4, -0.2) is 51.1 Å². The number of halogens is 2. The molecule has 2 aliphatic heterocycles. The molecule has 7 rings (SSSR count). The summed E-state index contributed by atoms with van der Waals surface area (Å²) in [5, 5.41) is 21.8. The topological polar surface area (TPSA) is 150 Å². The smallest absolute Gasteiger partial charge is 0.260 e. The van der Waals surface area contributed by atoms with Crippen LogP contribution in [0.1, 0.15) is 35.8 Å². The molecule has 0 radical (unpaired) electrons. The number of hydrogen-bond donors (Lipinski definition) is 3. The highest BCUT2D eigenvalue weighted by Crippen LogP contribution is 2.64. The molecule has 3 aromatic rings. The van der Waals surface area contributed by atoms with Crippen LogP contribution < -0.4 is 10.2 Å². The molecule has 0 bridgehead atoms. The molecular formula is C32H27Cl2N3O8. The van der Waals surface area contributed by atoms with E-state index < -0.39 is 65.2 Å². The van der Waals surface area contributed by atoms with Crippen LogP contribution in [0.15, 0.2) is 70.7 Å². The summed E-state index contributed by atoms with van der Waals surface area (Å²) in [5.41, 5.74) is 2.74.